The normalized spacial score (nSPS) is 20.8. The second kappa shape index (κ2) is 9.71. The van der Waals surface area contributed by atoms with Gasteiger partial charge in [-0.05, 0) is 75.1 Å². The highest BCUT2D eigenvalue weighted by molar-refractivity contribution is 5.97. The topological polar surface area (TPSA) is 79.0 Å². The Bertz CT molecular complexity index is 792. The summed E-state index contributed by atoms with van der Waals surface area (Å²) in [5.41, 5.74) is 0.513. The number of carbonyl (C=O) groups excluding carboxylic acids is 3. The summed E-state index contributed by atoms with van der Waals surface area (Å²) in [6.45, 7) is 2.85. The summed E-state index contributed by atoms with van der Waals surface area (Å²) >= 11 is 0. The first-order chi connectivity index (χ1) is 15.1. The number of rotatable bonds is 6. The second-order valence-corrected chi connectivity index (χ2v) is 9.00. The molecule has 2 heterocycles. The summed E-state index contributed by atoms with van der Waals surface area (Å²) in [6, 6.07) is 6.38. The van der Waals surface area contributed by atoms with Gasteiger partial charge in [0.15, 0.2) is 0 Å². The first kappa shape index (κ1) is 21.7. The van der Waals surface area contributed by atoms with E-state index < -0.39 is 6.04 Å². The molecule has 168 valence electrons. The summed E-state index contributed by atoms with van der Waals surface area (Å²) in [7, 11) is 1.59. The van der Waals surface area contributed by atoms with E-state index in [1.165, 1.54) is 0 Å². The molecule has 31 heavy (non-hydrogen) atoms. The second-order valence-electron chi connectivity index (χ2n) is 9.00. The zero-order valence-electron chi connectivity index (χ0n) is 18.3. The molecule has 7 heteroatoms. The van der Waals surface area contributed by atoms with Crippen LogP contribution in [0, 0.1) is 11.8 Å². The minimum atomic E-state index is -0.550. The minimum absolute atomic E-state index is 0.0218. The van der Waals surface area contributed by atoms with Gasteiger partial charge in [-0.3, -0.25) is 14.4 Å². The monoisotopic (exact) mass is 427 g/mol. The fourth-order valence-electron chi connectivity index (χ4n) is 4.70. The quantitative estimate of drug-likeness (QED) is 0.756. The third-order valence-corrected chi connectivity index (χ3v) is 6.82. The first-order valence-electron chi connectivity index (χ1n) is 11.6. The van der Waals surface area contributed by atoms with Gasteiger partial charge in [-0.25, -0.2) is 0 Å². The van der Waals surface area contributed by atoms with Crippen molar-refractivity contribution < 1.29 is 19.1 Å². The third kappa shape index (κ3) is 5.20. The van der Waals surface area contributed by atoms with Crippen LogP contribution in [-0.2, 0) is 9.59 Å². The summed E-state index contributed by atoms with van der Waals surface area (Å²) in [5, 5.41) is 3.04. The largest absolute Gasteiger partial charge is 0.497 e. The van der Waals surface area contributed by atoms with Gasteiger partial charge in [-0.1, -0.05) is 0 Å². The molecule has 2 saturated heterocycles. The zero-order chi connectivity index (χ0) is 21.8. The van der Waals surface area contributed by atoms with Crippen LogP contribution in [0.2, 0.25) is 0 Å². The average molecular weight is 428 g/mol. The zero-order valence-corrected chi connectivity index (χ0v) is 18.3. The van der Waals surface area contributed by atoms with Crippen LogP contribution in [0.4, 0.5) is 0 Å². The van der Waals surface area contributed by atoms with Crippen molar-refractivity contribution >= 4 is 17.7 Å². The van der Waals surface area contributed by atoms with Gasteiger partial charge in [0.05, 0.1) is 7.11 Å². The summed E-state index contributed by atoms with van der Waals surface area (Å²) in [6.07, 6.45) is 6.67. The molecule has 3 amide bonds. The molecule has 1 aliphatic carbocycles. The number of ether oxygens (including phenoxy) is 1. The van der Waals surface area contributed by atoms with E-state index in [1.807, 2.05) is 9.80 Å². The molecular formula is C24H33N3O4. The molecular weight excluding hydrogens is 394 g/mol. The molecule has 0 bridgehead atoms. The summed E-state index contributed by atoms with van der Waals surface area (Å²) < 4.78 is 5.17. The van der Waals surface area contributed by atoms with Crippen LogP contribution in [0.25, 0.3) is 0 Å². The molecule has 1 aromatic carbocycles. The van der Waals surface area contributed by atoms with E-state index in [4.69, 9.17) is 4.74 Å². The predicted octanol–water partition coefficient (Wildman–Crippen LogP) is 2.45. The van der Waals surface area contributed by atoms with Gasteiger partial charge in [0.2, 0.25) is 11.8 Å². The van der Waals surface area contributed by atoms with Gasteiger partial charge in [0, 0.05) is 37.7 Å². The number of carbonyl (C=O) groups is 3. The maximum absolute atomic E-state index is 13.4. The number of amides is 3. The van der Waals surface area contributed by atoms with E-state index in [2.05, 4.69) is 5.32 Å². The predicted molar refractivity (Wildman–Crippen MR) is 117 cm³/mol. The third-order valence-electron chi connectivity index (χ3n) is 6.82. The number of nitrogens with one attached hydrogen (secondary N) is 1. The fraction of sp³-hybridized carbons (Fsp3) is 0.625. The molecule has 2 aliphatic heterocycles. The van der Waals surface area contributed by atoms with Gasteiger partial charge < -0.3 is 19.9 Å². The lowest BCUT2D eigenvalue weighted by atomic mass is 9.87. The molecule has 7 nitrogen and oxygen atoms in total. The standard InChI is InChI=1S/C24H33N3O4/c1-31-20-9-7-18(8-10-20)22(28)25-21(24(30)26-13-3-2-4-14-26)17-11-15-27(16-12-17)23(29)19-5-6-19/h7-10,17,19,21H,2-6,11-16H2,1H3,(H,25,28)/t21-/m1/s1. The Hall–Kier alpha value is -2.57. The molecule has 3 fully saturated rings. The van der Waals surface area contributed by atoms with E-state index >= 15 is 0 Å². The van der Waals surface area contributed by atoms with Crippen LogP contribution in [0.5, 0.6) is 5.75 Å². The highest BCUT2D eigenvalue weighted by atomic mass is 16.5. The van der Waals surface area contributed by atoms with Crippen LogP contribution in [0.15, 0.2) is 24.3 Å². The summed E-state index contributed by atoms with van der Waals surface area (Å²) in [4.78, 5) is 42.6. The van der Waals surface area contributed by atoms with Crippen molar-refractivity contribution in [3.63, 3.8) is 0 Å². The van der Waals surface area contributed by atoms with Crippen LogP contribution >= 0.6 is 0 Å². The maximum Gasteiger partial charge on any atom is 0.251 e. The van der Waals surface area contributed by atoms with Gasteiger partial charge in [-0.15, -0.1) is 0 Å². The molecule has 1 saturated carbocycles. The van der Waals surface area contributed by atoms with Crippen LogP contribution in [-0.4, -0.2) is 66.9 Å². The van der Waals surface area contributed by atoms with Crippen molar-refractivity contribution in [2.75, 3.05) is 33.3 Å². The van der Waals surface area contributed by atoms with Crippen LogP contribution in [0.3, 0.4) is 0 Å². The highest BCUT2D eigenvalue weighted by Gasteiger charge is 2.39. The maximum atomic E-state index is 13.4. The van der Waals surface area contributed by atoms with Crippen molar-refractivity contribution in [2.24, 2.45) is 11.8 Å². The van der Waals surface area contributed by atoms with Crippen molar-refractivity contribution in [1.29, 1.82) is 0 Å². The number of likely N-dealkylation sites (tertiary alicyclic amines) is 2. The fourth-order valence-corrected chi connectivity index (χ4v) is 4.70. The molecule has 0 spiro atoms. The van der Waals surface area contributed by atoms with Gasteiger partial charge in [0.1, 0.15) is 11.8 Å². The average Bonchev–Trinajstić information content (AvgIpc) is 3.68. The Morgan fingerprint density at radius 1 is 0.903 bits per heavy atom. The smallest absolute Gasteiger partial charge is 0.251 e. The van der Waals surface area contributed by atoms with Crippen molar-refractivity contribution in [3.05, 3.63) is 29.8 Å². The lowest BCUT2D eigenvalue weighted by Gasteiger charge is -2.38. The van der Waals surface area contributed by atoms with E-state index in [0.29, 0.717) is 24.4 Å². The lowest BCUT2D eigenvalue weighted by Crippen LogP contribution is -2.55. The van der Waals surface area contributed by atoms with Crippen molar-refractivity contribution in [2.45, 2.75) is 51.0 Å². The first-order valence-corrected chi connectivity index (χ1v) is 11.6. The minimum Gasteiger partial charge on any atom is -0.497 e. The highest BCUT2D eigenvalue weighted by Crippen LogP contribution is 2.33. The van der Waals surface area contributed by atoms with E-state index in [-0.39, 0.29) is 29.6 Å². The lowest BCUT2D eigenvalue weighted by molar-refractivity contribution is -0.137. The molecule has 0 radical (unpaired) electrons. The number of nitrogens with zero attached hydrogens (tertiary/aromatic N) is 2. The van der Waals surface area contributed by atoms with Gasteiger partial charge >= 0.3 is 0 Å². The Labute approximate surface area is 184 Å². The Balaban J connectivity index is 1.45. The molecule has 0 aromatic heterocycles. The van der Waals surface area contributed by atoms with E-state index in [9.17, 15) is 14.4 Å². The Morgan fingerprint density at radius 3 is 2.13 bits per heavy atom. The molecule has 3 aliphatic rings. The van der Waals surface area contributed by atoms with Crippen LogP contribution < -0.4 is 10.1 Å². The summed E-state index contributed by atoms with van der Waals surface area (Å²) in [5.74, 6) is 0.991. The number of methoxy groups -OCH3 is 1. The molecule has 0 unspecified atom stereocenters. The van der Waals surface area contributed by atoms with Gasteiger partial charge in [-0.2, -0.15) is 0 Å². The van der Waals surface area contributed by atoms with E-state index in [1.54, 1.807) is 31.4 Å². The molecule has 1 N–H and O–H groups in total. The van der Waals surface area contributed by atoms with Crippen molar-refractivity contribution in [1.82, 2.24) is 15.1 Å². The number of hydrogen-bond acceptors (Lipinski definition) is 4. The molecule has 1 atom stereocenters. The SMILES string of the molecule is COc1ccc(C(=O)N[C@@H](C(=O)N2CCCCC2)C2CCN(C(=O)C3CC3)CC2)cc1. The molecule has 4 rings (SSSR count). The number of benzene rings is 1. The van der Waals surface area contributed by atoms with Crippen molar-refractivity contribution in [3.8, 4) is 5.75 Å². The van der Waals surface area contributed by atoms with E-state index in [0.717, 1.165) is 58.0 Å². The number of piperidine rings is 2. The van der Waals surface area contributed by atoms with Crippen LogP contribution in [0.1, 0.15) is 55.3 Å². The molecule has 1 aromatic rings. The van der Waals surface area contributed by atoms with Gasteiger partial charge in [0.25, 0.3) is 5.91 Å². The Morgan fingerprint density at radius 2 is 1.55 bits per heavy atom. The Kier molecular flexibility index (Phi) is 6.78. The number of hydrogen-bond donors (Lipinski definition) is 1.